The molecular weight excluding hydrogens is 283 g/mol. The number of carbonyl (C=O) groups excluding carboxylic acids is 1. The van der Waals surface area contributed by atoms with Gasteiger partial charge in [-0.1, -0.05) is 6.92 Å². The molecule has 116 valence electrons. The average Bonchev–Trinajstić information content (AvgIpc) is 2.49. The molecular formula is C15H18F3NO2. The van der Waals surface area contributed by atoms with Gasteiger partial charge in [0.05, 0.1) is 6.10 Å². The summed E-state index contributed by atoms with van der Waals surface area (Å²) >= 11 is 0. The number of ether oxygens (including phenoxy) is 1. The van der Waals surface area contributed by atoms with E-state index in [2.05, 4.69) is 0 Å². The first-order chi connectivity index (χ1) is 10.0. The fourth-order valence-corrected chi connectivity index (χ4v) is 2.40. The molecule has 0 N–H and O–H groups in total. The van der Waals surface area contributed by atoms with Crippen LogP contribution in [0.4, 0.5) is 13.2 Å². The van der Waals surface area contributed by atoms with Crippen LogP contribution < -0.4 is 0 Å². The molecule has 6 heteroatoms. The number of piperidine rings is 1. The van der Waals surface area contributed by atoms with E-state index >= 15 is 0 Å². The van der Waals surface area contributed by atoms with E-state index in [0.717, 1.165) is 31.4 Å². The maximum atomic E-state index is 13.2. The Balaban J connectivity index is 2.09. The molecule has 0 saturated carbocycles. The monoisotopic (exact) mass is 301 g/mol. The van der Waals surface area contributed by atoms with E-state index in [1.54, 1.807) is 0 Å². The van der Waals surface area contributed by atoms with Gasteiger partial charge < -0.3 is 9.64 Å². The molecule has 0 aromatic heterocycles. The molecule has 21 heavy (non-hydrogen) atoms. The molecule has 2 rings (SSSR count). The minimum Gasteiger partial charge on any atom is -0.376 e. The molecule has 1 aromatic rings. The van der Waals surface area contributed by atoms with E-state index in [4.69, 9.17) is 4.74 Å². The highest BCUT2D eigenvalue weighted by molar-refractivity contribution is 5.94. The van der Waals surface area contributed by atoms with Crippen LogP contribution in [0.2, 0.25) is 0 Å². The average molecular weight is 301 g/mol. The Kier molecular flexibility index (Phi) is 5.22. The van der Waals surface area contributed by atoms with Crippen LogP contribution in [0.15, 0.2) is 12.1 Å². The highest BCUT2D eigenvalue weighted by atomic mass is 19.2. The molecule has 3 nitrogen and oxygen atoms in total. The van der Waals surface area contributed by atoms with E-state index in [0.29, 0.717) is 19.7 Å². The fraction of sp³-hybridized carbons (Fsp3) is 0.533. The normalized spacial score (nSPS) is 18.9. The zero-order valence-electron chi connectivity index (χ0n) is 11.9. The van der Waals surface area contributed by atoms with Crippen molar-refractivity contribution < 1.29 is 22.7 Å². The van der Waals surface area contributed by atoms with Crippen molar-refractivity contribution >= 4 is 5.91 Å². The number of nitrogens with zero attached hydrogens (tertiary/aromatic N) is 1. The molecule has 1 unspecified atom stereocenters. The lowest BCUT2D eigenvalue weighted by Crippen LogP contribution is -2.43. The minimum atomic E-state index is -1.56. The predicted molar refractivity (Wildman–Crippen MR) is 71.5 cm³/mol. The first kappa shape index (κ1) is 15.8. The molecule has 0 aliphatic carbocycles. The first-order valence-corrected chi connectivity index (χ1v) is 7.08. The smallest absolute Gasteiger partial charge is 0.254 e. The van der Waals surface area contributed by atoms with Gasteiger partial charge in [0.25, 0.3) is 5.91 Å². The highest BCUT2D eigenvalue weighted by Gasteiger charge is 2.26. The Hall–Kier alpha value is -1.56. The standard InChI is InChI=1S/C15H18F3NO2/c1-2-6-21-11-4-3-5-19(9-11)15(20)10-7-12(16)14(18)13(17)8-10/h7-8,11H,2-6,9H2,1H3. The first-order valence-electron chi connectivity index (χ1n) is 7.08. The molecule has 1 aromatic carbocycles. The van der Waals surface area contributed by atoms with Crippen molar-refractivity contribution in [3.8, 4) is 0 Å². The molecule has 0 bridgehead atoms. The lowest BCUT2D eigenvalue weighted by molar-refractivity contribution is 0.00208. The molecule has 1 aliphatic heterocycles. The van der Waals surface area contributed by atoms with Crippen LogP contribution in [-0.4, -0.2) is 36.6 Å². The molecule has 0 radical (unpaired) electrons. The number of rotatable bonds is 4. The van der Waals surface area contributed by atoms with E-state index in [1.807, 2.05) is 6.92 Å². The van der Waals surface area contributed by atoms with Gasteiger partial charge in [0.1, 0.15) is 0 Å². The largest absolute Gasteiger partial charge is 0.376 e. The Morgan fingerprint density at radius 2 is 2.00 bits per heavy atom. The van der Waals surface area contributed by atoms with Gasteiger partial charge in [0.2, 0.25) is 0 Å². The number of carbonyl (C=O) groups is 1. The number of amides is 1. The summed E-state index contributed by atoms with van der Waals surface area (Å²) in [6, 6.07) is 1.47. The van der Waals surface area contributed by atoms with E-state index in [1.165, 1.54) is 4.90 Å². The quantitative estimate of drug-likeness (QED) is 0.800. The van der Waals surface area contributed by atoms with Crippen molar-refractivity contribution in [1.82, 2.24) is 4.90 Å². The number of likely N-dealkylation sites (tertiary alicyclic amines) is 1. The number of benzene rings is 1. The topological polar surface area (TPSA) is 29.5 Å². The summed E-state index contributed by atoms with van der Waals surface area (Å²) in [6.45, 7) is 3.51. The van der Waals surface area contributed by atoms with Gasteiger partial charge in [-0.25, -0.2) is 13.2 Å². The maximum Gasteiger partial charge on any atom is 0.254 e. The fourth-order valence-electron chi connectivity index (χ4n) is 2.40. The second-order valence-corrected chi connectivity index (χ2v) is 5.14. The van der Waals surface area contributed by atoms with Gasteiger partial charge in [0.15, 0.2) is 17.5 Å². The molecule has 1 saturated heterocycles. The van der Waals surface area contributed by atoms with Gasteiger partial charge in [-0.05, 0) is 31.4 Å². The van der Waals surface area contributed by atoms with Crippen molar-refractivity contribution in [3.63, 3.8) is 0 Å². The van der Waals surface area contributed by atoms with Gasteiger partial charge in [0, 0.05) is 25.3 Å². The van der Waals surface area contributed by atoms with Crippen LogP contribution in [0.5, 0.6) is 0 Å². The van der Waals surface area contributed by atoms with E-state index in [-0.39, 0.29) is 11.7 Å². The molecule has 1 atom stereocenters. The summed E-state index contributed by atoms with van der Waals surface area (Å²) in [4.78, 5) is 13.7. The molecule has 1 aliphatic rings. The third-order valence-corrected chi connectivity index (χ3v) is 3.45. The number of halogens is 3. The number of hydrogen-bond donors (Lipinski definition) is 0. The summed E-state index contributed by atoms with van der Waals surface area (Å²) in [5.74, 6) is -4.77. The van der Waals surface area contributed by atoms with Gasteiger partial charge in [-0.15, -0.1) is 0 Å². The van der Waals surface area contributed by atoms with Crippen LogP contribution in [0.25, 0.3) is 0 Å². The Labute approximate surface area is 121 Å². The van der Waals surface area contributed by atoms with Crippen LogP contribution in [-0.2, 0) is 4.74 Å². The van der Waals surface area contributed by atoms with Crippen molar-refractivity contribution in [2.45, 2.75) is 32.3 Å². The predicted octanol–water partition coefficient (Wildman–Crippen LogP) is 3.14. The molecule has 1 fully saturated rings. The Bertz CT molecular complexity index is 499. The zero-order chi connectivity index (χ0) is 15.4. The summed E-state index contributed by atoms with van der Waals surface area (Å²) in [7, 11) is 0. The van der Waals surface area contributed by atoms with Crippen molar-refractivity contribution in [3.05, 3.63) is 35.1 Å². The highest BCUT2D eigenvalue weighted by Crippen LogP contribution is 2.19. The number of hydrogen-bond acceptors (Lipinski definition) is 2. The summed E-state index contributed by atoms with van der Waals surface area (Å²) < 4.78 is 44.9. The maximum absolute atomic E-state index is 13.2. The summed E-state index contributed by atoms with van der Waals surface area (Å²) in [6.07, 6.45) is 2.46. The van der Waals surface area contributed by atoms with Gasteiger partial charge in [-0.3, -0.25) is 4.79 Å². The Morgan fingerprint density at radius 3 is 2.62 bits per heavy atom. The molecule has 1 heterocycles. The van der Waals surface area contributed by atoms with Gasteiger partial charge in [-0.2, -0.15) is 0 Å². The second-order valence-electron chi connectivity index (χ2n) is 5.14. The second kappa shape index (κ2) is 6.93. The summed E-state index contributed by atoms with van der Waals surface area (Å²) in [5, 5.41) is 0. The van der Waals surface area contributed by atoms with E-state index < -0.39 is 23.4 Å². The van der Waals surface area contributed by atoms with Crippen LogP contribution in [0.3, 0.4) is 0 Å². The van der Waals surface area contributed by atoms with Gasteiger partial charge >= 0.3 is 0 Å². The van der Waals surface area contributed by atoms with Crippen molar-refractivity contribution in [2.75, 3.05) is 19.7 Å². The third kappa shape index (κ3) is 3.75. The Morgan fingerprint density at radius 1 is 1.33 bits per heavy atom. The summed E-state index contributed by atoms with van der Waals surface area (Å²) in [5.41, 5.74) is -0.178. The molecule has 0 spiro atoms. The lowest BCUT2D eigenvalue weighted by Gasteiger charge is -2.32. The van der Waals surface area contributed by atoms with Crippen molar-refractivity contribution in [1.29, 1.82) is 0 Å². The third-order valence-electron chi connectivity index (χ3n) is 3.45. The van der Waals surface area contributed by atoms with Crippen LogP contribution in [0, 0.1) is 17.5 Å². The van der Waals surface area contributed by atoms with E-state index in [9.17, 15) is 18.0 Å². The SMILES string of the molecule is CCCOC1CCCN(C(=O)c2cc(F)c(F)c(F)c2)C1. The zero-order valence-corrected chi connectivity index (χ0v) is 11.9. The van der Waals surface area contributed by atoms with Crippen LogP contribution in [0.1, 0.15) is 36.5 Å². The van der Waals surface area contributed by atoms with Crippen molar-refractivity contribution in [2.24, 2.45) is 0 Å². The lowest BCUT2D eigenvalue weighted by atomic mass is 10.1. The minimum absolute atomic E-state index is 0.0576. The van der Waals surface area contributed by atoms with Crippen LogP contribution >= 0.6 is 0 Å². The molecule has 1 amide bonds.